The van der Waals surface area contributed by atoms with Gasteiger partial charge in [0.05, 0.1) is 25.3 Å². The number of methoxy groups -OCH3 is 2. The summed E-state index contributed by atoms with van der Waals surface area (Å²) in [6.07, 6.45) is 7.91. The van der Waals surface area contributed by atoms with Crippen molar-refractivity contribution < 1.29 is 27.5 Å². The van der Waals surface area contributed by atoms with Crippen LogP contribution in [0.2, 0.25) is 0 Å². The topological polar surface area (TPSA) is 107 Å². The molecule has 1 saturated heterocycles. The van der Waals surface area contributed by atoms with Crippen molar-refractivity contribution in [1.82, 2.24) is 13.6 Å². The SMILES string of the molecule is COC(=O)C1(Cn2c(-c3ccc(OC)cc3)c(C3CCCCC3)c3ccc(C(=O)NS(=O)(=O)N4CCC4)cc32)CC1. The zero-order chi connectivity index (χ0) is 28.8. The molecule has 1 aromatic heterocycles. The van der Waals surface area contributed by atoms with E-state index in [0.29, 0.717) is 25.6 Å². The monoisotopic (exact) mass is 579 g/mol. The summed E-state index contributed by atoms with van der Waals surface area (Å²) in [5, 5.41) is 1.03. The van der Waals surface area contributed by atoms with Crippen molar-refractivity contribution in [2.45, 2.75) is 63.8 Å². The molecular weight excluding hydrogens is 542 g/mol. The van der Waals surface area contributed by atoms with Crippen LogP contribution >= 0.6 is 0 Å². The van der Waals surface area contributed by atoms with Crippen molar-refractivity contribution in [3.63, 3.8) is 0 Å². The Bertz CT molecular complexity index is 1580. The van der Waals surface area contributed by atoms with Gasteiger partial charge in [-0.2, -0.15) is 12.7 Å². The normalized spacial score (nSPS) is 19.0. The Morgan fingerprint density at radius 3 is 2.27 bits per heavy atom. The molecule has 0 atom stereocenters. The van der Waals surface area contributed by atoms with E-state index in [4.69, 9.17) is 9.47 Å². The van der Waals surface area contributed by atoms with Crippen LogP contribution in [0.15, 0.2) is 42.5 Å². The number of ether oxygens (including phenoxy) is 2. The van der Waals surface area contributed by atoms with Gasteiger partial charge in [-0.1, -0.05) is 25.3 Å². The van der Waals surface area contributed by atoms with Gasteiger partial charge in [0, 0.05) is 36.1 Å². The average Bonchev–Trinajstić information content (AvgIpc) is 3.67. The van der Waals surface area contributed by atoms with Crippen LogP contribution in [0.3, 0.4) is 0 Å². The third kappa shape index (κ3) is 5.12. The largest absolute Gasteiger partial charge is 0.497 e. The van der Waals surface area contributed by atoms with E-state index in [-0.39, 0.29) is 11.5 Å². The highest BCUT2D eigenvalue weighted by Crippen LogP contribution is 2.51. The molecule has 2 aliphatic carbocycles. The van der Waals surface area contributed by atoms with Gasteiger partial charge in [-0.05, 0) is 85.5 Å². The lowest BCUT2D eigenvalue weighted by molar-refractivity contribution is -0.147. The second-order valence-electron chi connectivity index (χ2n) is 11.6. The maximum Gasteiger partial charge on any atom is 0.313 e. The molecule has 3 aliphatic rings. The molecule has 41 heavy (non-hydrogen) atoms. The molecule has 0 radical (unpaired) electrons. The van der Waals surface area contributed by atoms with Crippen molar-refractivity contribution in [3.05, 3.63) is 53.6 Å². The number of hydrogen-bond donors (Lipinski definition) is 1. The number of nitrogens with one attached hydrogen (secondary N) is 1. The van der Waals surface area contributed by atoms with Crippen molar-refractivity contribution >= 4 is 33.0 Å². The fourth-order valence-electron chi connectivity index (χ4n) is 6.41. The highest BCUT2D eigenvalue weighted by molar-refractivity contribution is 7.87. The van der Waals surface area contributed by atoms with E-state index >= 15 is 0 Å². The fraction of sp³-hybridized carbons (Fsp3) is 0.484. The fourth-order valence-corrected chi connectivity index (χ4v) is 7.63. The predicted octanol–water partition coefficient (Wildman–Crippen LogP) is 5.00. The lowest BCUT2D eigenvalue weighted by Gasteiger charge is -2.29. The van der Waals surface area contributed by atoms with Crippen LogP contribution in [0, 0.1) is 5.41 Å². The maximum absolute atomic E-state index is 13.2. The molecule has 1 amide bonds. The Hall–Kier alpha value is -3.37. The molecule has 9 nitrogen and oxygen atoms in total. The third-order valence-electron chi connectivity index (χ3n) is 9.05. The number of hydrogen-bond acceptors (Lipinski definition) is 6. The van der Waals surface area contributed by atoms with Crippen molar-refractivity contribution in [1.29, 1.82) is 0 Å². The molecule has 6 rings (SSSR count). The van der Waals surface area contributed by atoms with Crippen molar-refractivity contribution in [2.24, 2.45) is 5.41 Å². The molecule has 10 heteroatoms. The van der Waals surface area contributed by atoms with Crippen molar-refractivity contribution in [3.8, 4) is 17.0 Å². The van der Waals surface area contributed by atoms with Crippen LogP contribution in [0.25, 0.3) is 22.2 Å². The van der Waals surface area contributed by atoms with E-state index in [9.17, 15) is 18.0 Å². The highest BCUT2D eigenvalue weighted by Gasteiger charge is 2.52. The first-order chi connectivity index (χ1) is 19.8. The number of aromatic nitrogens is 1. The van der Waals surface area contributed by atoms with Crippen LogP contribution in [0.4, 0.5) is 0 Å². The summed E-state index contributed by atoms with van der Waals surface area (Å²) in [6, 6.07) is 13.4. The van der Waals surface area contributed by atoms with Gasteiger partial charge in [0.1, 0.15) is 5.75 Å². The second-order valence-corrected chi connectivity index (χ2v) is 13.3. The Morgan fingerprint density at radius 2 is 1.68 bits per heavy atom. The van der Waals surface area contributed by atoms with Crippen LogP contribution in [-0.2, 0) is 26.3 Å². The van der Waals surface area contributed by atoms with Gasteiger partial charge in [-0.25, -0.2) is 4.72 Å². The molecular formula is C31H37N3O6S. The standard InChI is InChI=1S/C31H37N3O6S/c1-39-24-12-9-22(10-13-24)28-27(21-7-4-3-5-8-21)25-14-11-23(29(35)32-41(37,38)33-17-6-18-33)19-26(25)34(28)20-31(15-16-31)30(36)40-2/h9-14,19,21H,3-8,15-18,20H2,1-2H3,(H,32,35). The van der Waals surface area contributed by atoms with Gasteiger partial charge in [-0.15, -0.1) is 0 Å². The minimum Gasteiger partial charge on any atom is -0.497 e. The Morgan fingerprint density at radius 1 is 0.976 bits per heavy atom. The summed E-state index contributed by atoms with van der Waals surface area (Å²) in [7, 11) is -0.818. The summed E-state index contributed by atoms with van der Waals surface area (Å²) < 4.78 is 41.6. The molecule has 0 bridgehead atoms. The molecule has 2 aromatic carbocycles. The lowest BCUT2D eigenvalue weighted by atomic mass is 9.81. The molecule has 2 heterocycles. The average molecular weight is 580 g/mol. The Balaban J connectivity index is 1.52. The number of fused-ring (bicyclic) bond motifs is 1. The molecule has 0 spiro atoms. The summed E-state index contributed by atoms with van der Waals surface area (Å²) >= 11 is 0. The van der Waals surface area contributed by atoms with Crippen LogP contribution < -0.4 is 9.46 Å². The highest BCUT2D eigenvalue weighted by atomic mass is 32.2. The minimum absolute atomic E-state index is 0.228. The first-order valence-corrected chi connectivity index (χ1v) is 15.9. The number of benzene rings is 2. The predicted molar refractivity (Wildman–Crippen MR) is 156 cm³/mol. The maximum atomic E-state index is 13.2. The summed E-state index contributed by atoms with van der Waals surface area (Å²) in [5.41, 5.74) is 3.74. The second kappa shape index (κ2) is 10.8. The number of amides is 1. The van der Waals surface area contributed by atoms with E-state index in [1.54, 1.807) is 19.2 Å². The molecule has 0 unspecified atom stereocenters. The van der Waals surface area contributed by atoms with E-state index in [1.807, 2.05) is 30.3 Å². The minimum atomic E-state index is -3.88. The summed E-state index contributed by atoms with van der Waals surface area (Å²) in [5.74, 6) is 0.204. The molecule has 1 aliphatic heterocycles. The van der Waals surface area contributed by atoms with Gasteiger partial charge in [-0.3, -0.25) is 9.59 Å². The summed E-state index contributed by atoms with van der Waals surface area (Å²) in [6.45, 7) is 1.24. The Kier molecular flexibility index (Phi) is 7.32. The molecule has 2 saturated carbocycles. The molecule has 218 valence electrons. The smallest absolute Gasteiger partial charge is 0.313 e. The third-order valence-corrected chi connectivity index (χ3v) is 10.5. The zero-order valence-corrected chi connectivity index (χ0v) is 24.5. The van der Waals surface area contributed by atoms with Crippen LogP contribution in [0.5, 0.6) is 5.75 Å². The zero-order valence-electron chi connectivity index (χ0n) is 23.6. The number of esters is 1. The first kappa shape index (κ1) is 27.8. The number of rotatable bonds is 9. The van der Waals surface area contributed by atoms with E-state index in [1.165, 1.54) is 23.4 Å². The van der Waals surface area contributed by atoms with E-state index < -0.39 is 21.5 Å². The first-order valence-electron chi connectivity index (χ1n) is 14.5. The van der Waals surface area contributed by atoms with Crippen LogP contribution in [-0.4, -0.2) is 56.5 Å². The number of carbonyl (C=O) groups excluding carboxylic acids is 2. The van der Waals surface area contributed by atoms with Crippen molar-refractivity contribution in [2.75, 3.05) is 27.3 Å². The van der Waals surface area contributed by atoms with Crippen LogP contribution in [0.1, 0.15) is 73.2 Å². The molecule has 1 N–H and O–H groups in total. The summed E-state index contributed by atoms with van der Waals surface area (Å²) in [4.78, 5) is 26.2. The number of carbonyl (C=O) groups is 2. The van der Waals surface area contributed by atoms with Gasteiger partial charge in [0.15, 0.2) is 0 Å². The molecule has 3 fully saturated rings. The Labute approximate surface area is 241 Å². The van der Waals surface area contributed by atoms with E-state index in [2.05, 4.69) is 9.29 Å². The quantitative estimate of drug-likeness (QED) is 0.358. The van der Waals surface area contributed by atoms with Gasteiger partial charge in [0.25, 0.3) is 5.91 Å². The lowest BCUT2D eigenvalue weighted by Crippen LogP contribution is -2.49. The number of nitrogens with zero attached hydrogens (tertiary/aromatic N) is 2. The van der Waals surface area contributed by atoms with Gasteiger partial charge >= 0.3 is 16.2 Å². The van der Waals surface area contributed by atoms with E-state index in [0.717, 1.165) is 72.9 Å². The van der Waals surface area contributed by atoms with Gasteiger partial charge < -0.3 is 14.0 Å². The van der Waals surface area contributed by atoms with Gasteiger partial charge in [0.2, 0.25) is 0 Å². The molecule has 3 aromatic rings.